The highest BCUT2D eigenvalue weighted by atomic mass is 35.5. The molecule has 0 radical (unpaired) electrons. The number of pyridine rings is 1. The van der Waals surface area contributed by atoms with Crippen LogP contribution < -0.4 is 0 Å². The van der Waals surface area contributed by atoms with E-state index in [1.165, 1.54) is 0 Å². The zero-order chi connectivity index (χ0) is 12.6. The number of halogens is 1. The van der Waals surface area contributed by atoms with Crippen molar-refractivity contribution in [3.63, 3.8) is 0 Å². The average molecular weight is 253 g/mol. The van der Waals surface area contributed by atoms with Crippen molar-refractivity contribution < 1.29 is 9.53 Å². The lowest BCUT2D eigenvalue weighted by molar-refractivity contribution is 0.00636. The van der Waals surface area contributed by atoms with Crippen LogP contribution in [-0.2, 0) is 4.74 Å². The fraction of sp³-hybridized carbons (Fsp3) is 0.333. The van der Waals surface area contributed by atoms with Gasteiger partial charge >= 0.3 is 5.97 Å². The number of aromatic nitrogens is 2. The third kappa shape index (κ3) is 2.77. The maximum Gasteiger partial charge on any atom is 0.359 e. The maximum atomic E-state index is 11.8. The maximum absolute atomic E-state index is 11.8. The molecule has 0 N–H and O–H groups in total. The molecule has 90 valence electrons. The Morgan fingerprint density at radius 1 is 1.35 bits per heavy atom. The number of nitrogens with zero attached hydrogens (tertiary/aromatic N) is 2. The van der Waals surface area contributed by atoms with Crippen LogP contribution >= 0.6 is 11.6 Å². The summed E-state index contributed by atoms with van der Waals surface area (Å²) in [5.74, 6) is -0.433. The largest absolute Gasteiger partial charge is 0.455 e. The smallest absolute Gasteiger partial charge is 0.359 e. The van der Waals surface area contributed by atoms with Gasteiger partial charge in [-0.05, 0) is 32.9 Å². The Morgan fingerprint density at radius 3 is 2.71 bits per heavy atom. The van der Waals surface area contributed by atoms with Crippen LogP contribution in [0.5, 0.6) is 0 Å². The van der Waals surface area contributed by atoms with Crippen molar-refractivity contribution >= 4 is 23.2 Å². The molecule has 2 aromatic rings. The minimum atomic E-state index is -0.523. The summed E-state index contributed by atoms with van der Waals surface area (Å²) >= 11 is 5.85. The number of carbonyl (C=O) groups excluding carboxylic acids is 1. The molecule has 0 fully saturated rings. The third-order valence-corrected chi connectivity index (χ3v) is 2.25. The zero-order valence-electron chi connectivity index (χ0n) is 9.90. The Balaban J connectivity index is 2.33. The van der Waals surface area contributed by atoms with Crippen molar-refractivity contribution in [2.75, 3.05) is 0 Å². The molecule has 0 spiro atoms. The molecule has 4 nitrogen and oxygen atoms in total. The van der Waals surface area contributed by atoms with Crippen molar-refractivity contribution in [2.24, 2.45) is 0 Å². The number of hydrogen-bond acceptors (Lipinski definition) is 3. The van der Waals surface area contributed by atoms with Gasteiger partial charge in [-0.15, -0.1) is 0 Å². The molecular weight excluding hydrogens is 240 g/mol. The van der Waals surface area contributed by atoms with E-state index in [2.05, 4.69) is 4.98 Å². The van der Waals surface area contributed by atoms with Crippen LogP contribution in [0.3, 0.4) is 0 Å². The van der Waals surface area contributed by atoms with Crippen LogP contribution in [0, 0.1) is 0 Å². The van der Waals surface area contributed by atoms with Crippen LogP contribution in [0.4, 0.5) is 0 Å². The third-order valence-electron chi connectivity index (χ3n) is 2.02. The highest BCUT2D eigenvalue weighted by Crippen LogP contribution is 2.15. The summed E-state index contributed by atoms with van der Waals surface area (Å²) in [4.78, 5) is 16.0. The van der Waals surface area contributed by atoms with E-state index in [-0.39, 0.29) is 5.69 Å². The number of fused-ring (bicyclic) bond motifs is 1. The van der Waals surface area contributed by atoms with Crippen LogP contribution in [0.1, 0.15) is 31.3 Å². The second kappa shape index (κ2) is 4.04. The molecule has 0 saturated heterocycles. The highest BCUT2D eigenvalue weighted by molar-refractivity contribution is 6.30. The van der Waals surface area contributed by atoms with E-state index in [0.29, 0.717) is 10.7 Å². The minimum Gasteiger partial charge on any atom is -0.455 e. The standard InChI is InChI=1S/C12H13ClN2O2/c1-12(2,3)17-11(16)9-7-15-6-8(13)4-5-10(15)14-9/h4-7H,1-3H3. The van der Waals surface area contributed by atoms with Gasteiger partial charge in [-0.3, -0.25) is 0 Å². The number of esters is 1. The van der Waals surface area contributed by atoms with E-state index < -0.39 is 11.6 Å². The summed E-state index contributed by atoms with van der Waals surface area (Å²) < 4.78 is 6.93. The molecule has 2 rings (SSSR count). The predicted molar refractivity (Wildman–Crippen MR) is 65.4 cm³/mol. The van der Waals surface area contributed by atoms with Gasteiger partial charge in [0.1, 0.15) is 11.2 Å². The molecule has 17 heavy (non-hydrogen) atoms. The molecular formula is C12H13ClN2O2. The molecule has 2 aromatic heterocycles. The summed E-state index contributed by atoms with van der Waals surface area (Å²) in [5.41, 5.74) is 0.419. The Morgan fingerprint density at radius 2 is 2.06 bits per heavy atom. The van der Waals surface area contributed by atoms with E-state index in [4.69, 9.17) is 16.3 Å². The number of imidazole rings is 1. The SMILES string of the molecule is CC(C)(C)OC(=O)c1cn2cc(Cl)ccc2n1. The Bertz CT molecular complexity index is 569. The lowest BCUT2D eigenvalue weighted by Gasteiger charge is -2.18. The lowest BCUT2D eigenvalue weighted by Crippen LogP contribution is -2.24. The second-order valence-electron chi connectivity index (χ2n) is 4.74. The summed E-state index contributed by atoms with van der Waals surface area (Å²) in [6.07, 6.45) is 3.30. The minimum absolute atomic E-state index is 0.280. The number of ether oxygens (including phenoxy) is 1. The van der Waals surface area contributed by atoms with Gasteiger partial charge in [0.05, 0.1) is 5.02 Å². The van der Waals surface area contributed by atoms with E-state index in [1.54, 1.807) is 28.9 Å². The average Bonchev–Trinajstić information content (AvgIpc) is 2.57. The monoisotopic (exact) mass is 252 g/mol. The van der Waals surface area contributed by atoms with Crippen molar-refractivity contribution in [1.82, 2.24) is 9.38 Å². The van der Waals surface area contributed by atoms with Crippen LogP contribution in [-0.4, -0.2) is 21.0 Å². The number of hydrogen-bond donors (Lipinski definition) is 0. The molecule has 5 heteroatoms. The molecule has 0 aromatic carbocycles. The van der Waals surface area contributed by atoms with Crippen LogP contribution in [0.25, 0.3) is 5.65 Å². The first kappa shape index (κ1) is 11.9. The van der Waals surface area contributed by atoms with Gasteiger partial charge < -0.3 is 9.14 Å². The van der Waals surface area contributed by atoms with Crippen molar-refractivity contribution in [2.45, 2.75) is 26.4 Å². The molecule has 0 atom stereocenters. The normalized spacial score (nSPS) is 11.8. The molecule has 0 aliphatic carbocycles. The molecule has 0 aliphatic heterocycles. The quantitative estimate of drug-likeness (QED) is 0.733. The first-order chi connectivity index (χ1) is 7.85. The Labute approximate surface area is 104 Å². The molecule has 0 bridgehead atoms. The number of rotatable bonds is 1. The van der Waals surface area contributed by atoms with Crippen molar-refractivity contribution in [3.05, 3.63) is 35.2 Å². The first-order valence-electron chi connectivity index (χ1n) is 5.23. The van der Waals surface area contributed by atoms with Gasteiger partial charge in [-0.25, -0.2) is 9.78 Å². The van der Waals surface area contributed by atoms with Gasteiger partial charge in [0.2, 0.25) is 0 Å². The molecule has 0 aliphatic rings. The van der Waals surface area contributed by atoms with Gasteiger partial charge in [0.15, 0.2) is 5.69 Å². The van der Waals surface area contributed by atoms with Crippen molar-refractivity contribution in [1.29, 1.82) is 0 Å². The molecule has 0 saturated carbocycles. The summed E-state index contributed by atoms with van der Waals surface area (Å²) in [6.45, 7) is 5.45. The molecule has 0 amide bonds. The fourth-order valence-corrected chi connectivity index (χ4v) is 1.56. The van der Waals surface area contributed by atoms with Gasteiger partial charge in [-0.1, -0.05) is 11.6 Å². The van der Waals surface area contributed by atoms with E-state index in [1.807, 2.05) is 20.8 Å². The summed E-state index contributed by atoms with van der Waals surface area (Å²) in [6, 6.07) is 3.47. The highest BCUT2D eigenvalue weighted by Gasteiger charge is 2.20. The Kier molecular flexibility index (Phi) is 2.83. The molecule has 2 heterocycles. The second-order valence-corrected chi connectivity index (χ2v) is 5.18. The summed E-state index contributed by atoms with van der Waals surface area (Å²) in [5, 5.41) is 0.589. The van der Waals surface area contributed by atoms with E-state index >= 15 is 0 Å². The van der Waals surface area contributed by atoms with Gasteiger partial charge in [0, 0.05) is 12.4 Å². The van der Waals surface area contributed by atoms with Crippen LogP contribution in [0.2, 0.25) is 5.02 Å². The van der Waals surface area contributed by atoms with Crippen molar-refractivity contribution in [3.8, 4) is 0 Å². The first-order valence-corrected chi connectivity index (χ1v) is 5.60. The zero-order valence-corrected chi connectivity index (χ0v) is 10.7. The number of carbonyl (C=O) groups is 1. The lowest BCUT2D eigenvalue weighted by atomic mass is 10.2. The Hall–Kier alpha value is -1.55. The fourth-order valence-electron chi connectivity index (χ4n) is 1.39. The molecule has 0 unspecified atom stereocenters. The van der Waals surface area contributed by atoms with Gasteiger partial charge in [0.25, 0.3) is 0 Å². The summed E-state index contributed by atoms with van der Waals surface area (Å²) in [7, 11) is 0. The van der Waals surface area contributed by atoms with Crippen LogP contribution in [0.15, 0.2) is 24.5 Å². The van der Waals surface area contributed by atoms with Gasteiger partial charge in [-0.2, -0.15) is 0 Å². The topological polar surface area (TPSA) is 43.6 Å². The van der Waals surface area contributed by atoms with E-state index in [9.17, 15) is 4.79 Å². The van der Waals surface area contributed by atoms with E-state index in [0.717, 1.165) is 0 Å². The predicted octanol–water partition coefficient (Wildman–Crippen LogP) is 2.94.